The summed E-state index contributed by atoms with van der Waals surface area (Å²) in [6.45, 7) is 0. The molecule has 0 spiro atoms. The molecule has 3 rings (SSSR count). The average Bonchev–Trinajstić information content (AvgIpc) is 3.27. The number of fused-ring (bicyclic) bond motifs is 1. The van der Waals surface area contributed by atoms with Gasteiger partial charge in [-0.1, -0.05) is 48.5 Å². The molecule has 6 nitrogen and oxygen atoms in total. The van der Waals surface area contributed by atoms with Crippen molar-refractivity contribution < 1.29 is 9.59 Å². The van der Waals surface area contributed by atoms with Crippen LogP contribution in [0.5, 0.6) is 0 Å². The number of amides is 2. The quantitative estimate of drug-likeness (QED) is 0.504. The zero-order chi connectivity index (χ0) is 22.4. The smallest absolute Gasteiger partial charge is 0.257 e. The number of likely N-dealkylation sites (N-methyl/N-ethyl adjacent to an activating group) is 2. The van der Waals surface area contributed by atoms with Gasteiger partial charge in [0.1, 0.15) is 6.04 Å². The molecule has 0 bridgehead atoms. The first-order valence-electron chi connectivity index (χ1n) is 10.3. The van der Waals surface area contributed by atoms with Crippen molar-refractivity contribution in [2.75, 3.05) is 28.2 Å². The molecule has 164 valence electrons. The van der Waals surface area contributed by atoms with Crippen LogP contribution in [0.25, 0.3) is 10.8 Å². The summed E-state index contributed by atoms with van der Waals surface area (Å²) >= 11 is 1.59. The van der Waals surface area contributed by atoms with E-state index in [0.29, 0.717) is 12.8 Å². The van der Waals surface area contributed by atoms with Crippen LogP contribution in [-0.2, 0) is 22.4 Å². The fourth-order valence-corrected chi connectivity index (χ4v) is 4.38. The Hall–Kier alpha value is -2.74. The molecule has 0 aliphatic carbocycles. The molecule has 0 radical (unpaired) electrons. The average molecular weight is 439 g/mol. The molecule has 2 atom stereocenters. The summed E-state index contributed by atoms with van der Waals surface area (Å²) in [5.41, 5.74) is 3.88. The zero-order valence-electron chi connectivity index (χ0n) is 18.5. The molecule has 0 aliphatic rings. The van der Waals surface area contributed by atoms with Gasteiger partial charge in [-0.25, -0.2) is 5.01 Å². The van der Waals surface area contributed by atoms with E-state index in [2.05, 4.69) is 41.1 Å². The Bertz CT molecular complexity index is 1020. The monoisotopic (exact) mass is 438 g/mol. The third-order valence-corrected chi connectivity index (χ3v) is 6.23. The Labute approximate surface area is 187 Å². The lowest BCUT2D eigenvalue weighted by Crippen LogP contribution is -2.55. The van der Waals surface area contributed by atoms with Crippen molar-refractivity contribution in [2.24, 2.45) is 0 Å². The van der Waals surface area contributed by atoms with Crippen LogP contribution in [0.3, 0.4) is 0 Å². The summed E-state index contributed by atoms with van der Waals surface area (Å²) in [5.74, 6) is -0.305. The maximum atomic E-state index is 13.4. The molecule has 0 saturated heterocycles. The lowest BCUT2D eigenvalue weighted by molar-refractivity contribution is -0.142. The summed E-state index contributed by atoms with van der Waals surface area (Å²) in [6.07, 6.45) is 1.03. The van der Waals surface area contributed by atoms with Gasteiger partial charge in [-0.2, -0.15) is 0 Å². The van der Waals surface area contributed by atoms with Gasteiger partial charge in [-0.05, 0) is 41.3 Å². The van der Waals surface area contributed by atoms with Gasteiger partial charge in [0.15, 0.2) is 0 Å². The minimum atomic E-state index is -0.596. The highest BCUT2D eigenvalue weighted by Gasteiger charge is 2.31. The lowest BCUT2D eigenvalue weighted by atomic mass is 10.00. The highest BCUT2D eigenvalue weighted by molar-refractivity contribution is 7.09. The maximum absolute atomic E-state index is 13.4. The molecule has 2 amide bonds. The molecule has 0 aliphatic heterocycles. The first-order valence-corrected chi connectivity index (χ1v) is 11.2. The summed E-state index contributed by atoms with van der Waals surface area (Å²) < 4.78 is 0. The van der Waals surface area contributed by atoms with Gasteiger partial charge < -0.3 is 10.2 Å². The molecule has 0 fully saturated rings. The Balaban J connectivity index is 1.78. The fourth-order valence-electron chi connectivity index (χ4n) is 3.63. The van der Waals surface area contributed by atoms with Gasteiger partial charge in [0.25, 0.3) is 5.91 Å². The van der Waals surface area contributed by atoms with E-state index in [1.165, 1.54) is 5.39 Å². The maximum Gasteiger partial charge on any atom is 0.257 e. The van der Waals surface area contributed by atoms with E-state index in [4.69, 9.17) is 0 Å². The Morgan fingerprint density at radius 3 is 2.35 bits per heavy atom. The van der Waals surface area contributed by atoms with Crippen molar-refractivity contribution in [3.63, 3.8) is 0 Å². The molecule has 1 aromatic heterocycles. The van der Waals surface area contributed by atoms with Crippen molar-refractivity contribution in [1.29, 1.82) is 0 Å². The molecule has 31 heavy (non-hydrogen) atoms. The predicted octanol–water partition coefficient (Wildman–Crippen LogP) is 2.69. The third kappa shape index (κ3) is 5.91. The van der Waals surface area contributed by atoms with Crippen LogP contribution >= 0.6 is 11.3 Å². The molecule has 3 aromatic rings. The van der Waals surface area contributed by atoms with Gasteiger partial charge in [0.05, 0.1) is 6.04 Å². The zero-order valence-corrected chi connectivity index (χ0v) is 19.3. The molecular formula is C24H30N4O2S. The van der Waals surface area contributed by atoms with E-state index in [0.717, 1.165) is 15.8 Å². The third-order valence-electron chi connectivity index (χ3n) is 5.33. The SMILES string of the molecule is CN[C@H](Cc1ccc2ccccc2c1)C(=O)N(C)[C@H](Cc1cccs1)C(=O)NN(C)C. The normalized spacial score (nSPS) is 13.2. The van der Waals surface area contributed by atoms with Gasteiger partial charge in [0.2, 0.25) is 5.91 Å². The van der Waals surface area contributed by atoms with Crippen LogP contribution in [0, 0.1) is 0 Å². The van der Waals surface area contributed by atoms with Crippen molar-refractivity contribution >= 4 is 33.9 Å². The second-order valence-electron chi connectivity index (χ2n) is 7.85. The number of hydrogen-bond acceptors (Lipinski definition) is 5. The molecule has 0 saturated carbocycles. The Morgan fingerprint density at radius 1 is 0.968 bits per heavy atom. The Kier molecular flexibility index (Phi) is 7.79. The Morgan fingerprint density at radius 2 is 1.71 bits per heavy atom. The second kappa shape index (κ2) is 10.5. The van der Waals surface area contributed by atoms with Gasteiger partial charge in [0, 0.05) is 32.4 Å². The first kappa shape index (κ1) is 22.9. The largest absolute Gasteiger partial charge is 0.332 e. The number of thiophene rings is 1. The van der Waals surface area contributed by atoms with Gasteiger partial charge in [-0.3, -0.25) is 15.0 Å². The topological polar surface area (TPSA) is 64.7 Å². The van der Waals surface area contributed by atoms with Gasteiger partial charge in [-0.15, -0.1) is 11.3 Å². The van der Waals surface area contributed by atoms with E-state index < -0.39 is 12.1 Å². The van der Waals surface area contributed by atoms with E-state index in [1.807, 2.05) is 29.6 Å². The van der Waals surface area contributed by atoms with Crippen molar-refractivity contribution in [2.45, 2.75) is 24.9 Å². The number of rotatable bonds is 9. The summed E-state index contributed by atoms with van der Waals surface area (Å²) in [5, 5.41) is 9.05. The summed E-state index contributed by atoms with van der Waals surface area (Å²) in [7, 11) is 7.02. The lowest BCUT2D eigenvalue weighted by Gasteiger charge is -2.31. The first-order chi connectivity index (χ1) is 14.9. The summed E-state index contributed by atoms with van der Waals surface area (Å²) in [6, 6.07) is 17.4. The van der Waals surface area contributed by atoms with Crippen LogP contribution in [-0.4, -0.2) is 62.0 Å². The van der Waals surface area contributed by atoms with Crippen molar-refractivity contribution in [1.82, 2.24) is 20.7 Å². The number of hydrazine groups is 1. The van der Waals surface area contributed by atoms with Crippen molar-refractivity contribution in [3.8, 4) is 0 Å². The number of carbonyl (C=O) groups is 2. The molecule has 1 heterocycles. The van der Waals surface area contributed by atoms with Crippen molar-refractivity contribution in [3.05, 3.63) is 70.4 Å². The number of nitrogens with one attached hydrogen (secondary N) is 2. The van der Waals surface area contributed by atoms with E-state index in [9.17, 15) is 9.59 Å². The van der Waals surface area contributed by atoms with Crippen LogP contribution in [0.1, 0.15) is 10.4 Å². The van der Waals surface area contributed by atoms with Crippen LogP contribution in [0.15, 0.2) is 60.0 Å². The molecule has 7 heteroatoms. The van der Waals surface area contributed by atoms with E-state index >= 15 is 0 Å². The number of benzene rings is 2. The molecule has 2 N–H and O–H groups in total. The standard InChI is InChI=1S/C24H30N4O2S/c1-25-21(15-17-11-12-18-8-5-6-9-19(18)14-17)24(30)28(4)22(23(29)26-27(2)3)16-20-10-7-13-31-20/h5-14,21-22,25H,15-16H2,1-4H3,(H,26,29)/t21-,22-/m1/s1. The molecule has 0 unspecified atom stereocenters. The van der Waals surface area contributed by atoms with E-state index in [1.54, 1.807) is 49.4 Å². The van der Waals surface area contributed by atoms with Crippen LogP contribution in [0.4, 0.5) is 0 Å². The van der Waals surface area contributed by atoms with Gasteiger partial charge >= 0.3 is 0 Å². The second-order valence-corrected chi connectivity index (χ2v) is 8.88. The number of hydrogen-bond donors (Lipinski definition) is 2. The highest BCUT2D eigenvalue weighted by atomic mass is 32.1. The highest BCUT2D eigenvalue weighted by Crippen LogP contribution is 2.19. The number of nitrogens with zero attached hydrogens (tertiary/aromatic N) is 2. The fraction of sp³-hybridized carbons (Fsp3) is 0.333. The predicted molar refractivity (Wildman–Crippen MR) is 127 cm³/mol. The minimum Gasteiger partial charge on any atom is -0.332 e. The van der Waals surface area contributed by atoms with Crippen LogP contribution < -0.4 is 10.7 Å². The number of carbonyl (C=O) groups excluding carboxylic acids is 2. The minimum absolute atomic E-state index is 0.105. The molecular weight excluding hydrogens is 408 g/mol. The molecule has 2 aromatic carbocycles. The van der Waals surface area contributed by atoms with Crippen LogP contribution in [0.2, 0.25) is 0 Å². The summed E-state index contributed by atoms with van der Waals surface area (Å²) in [4.78, 5) is 28.9. The van der Waals surface area contributed by atoms with E-state index in [-0.39, 0.29) is 11.8 Å².